The first-order valence-corrected chi connectivity index (χ1v) is 5.80. The Morgan fingerprint density at radius 2 is 2.33 bits per heavy atom. The van der Waals surface area contributed by atoms with Gasteiger partial charge < -0.3 is 14.6 Å². The maximum atomic E-state index is 11.7. The molecule has 7 nitrogen and oxygen atoms in total. The van der Waals surface area contributed by atoms with Crippen molar-refractivity contribution in [3.8, 4) is 0 Å². The number of aromatic nitrogens is 2. The van der Waals surface area contributed by atoms with Crippen molar-refractivity contribution in [2.24, 2.45) is 0 Å². The molecule has 1 fully saturated rings. The zero-order chi connectivity index (χ0) is 13.3. The van der Waals surface area contributed by atoms with Crippen molar-refractivity contribution in [1.82, 2.24) is 9.55 Å². The fourth-order valence-corrected chi connectivity index (χ4v) is 1.91. The first kappa shape index (κ1) is 13.0. The van der Waals surface area contributed by atoms with Gasteiger partial charge in [0, 0.05) is 24.8 Å². The molecule has 1 aromatic rings. The molecule has 0 amide bonds. The molecule has 0 unspecified atom stereocenters. The van der Waals surface area contributed by atoms with Crippen molar-refractivity contribution in [2.75, 3.05) is 6.61 Å². The van der Waals surface area contributed by atoms with Gasteiger partial charge in [0.15, 0.2) is 6.29 Å². The van der Waals surface area contributed by atoms with Gasteiger partial charge in [-0.15, -0.1) is 0 Å². The van der Waals surface area contributed by atoms with Crippen LogP contribution in [0.2, 0.25) is 0 Å². The molecule has 0 spiro atoms. The minimum Gasteiger partial charge on any atom is -0.388 e. The van der Waals surface area contributed by atoms with E-state index in [9.17, 15) is 14.7 Å². The van der Waals surface area contributed by atoms with Gasteiger partial charge in [0.1, 0.15) is 12.3 Å². The summed E-state index contributed by atoms with van der Waals surface area (Å²) in [5.41, 5.74) is -0.566. The second-order valence-corrected chi connectivity index (χ2v) is 4.20. The van der Waals surface area contributed by atoms with E-state index in [1.807, 2.05) is 0 Å². The molecule has 2 N–H and O–H groups in total. The van der Waals surface area contributed by atoms with Crippen LogP contribution in [0.1, 0.15) is 25.1 Å². The number of nitrogens with zero attached hydrogens (tertiary/aromatic N) is 1. The average Bonchev–Trinajstić information content (AvgIpc) is 2.66. The number of aromatic amines is 1. The van der Waals surface area contributed by atoms with E-state index in [0.29, 0.717) is 12.2 Å². The zero-order valence-corrected chi connectivity index (χ0v) is 10.3. The Labute approximate surface area is 103 Å². The molecule has 0 aliphatic carbocycles. The normalized spacial score (nSPS) is 27.6. The molecule has 18 heavy (non-hydrogen) atoms. The fourth-order valence-electron chi connectivity index (χ4n) is 1.91. The molecule has 0 aromatic carbocycles. The van der Waals surface area contributed by atoms with Crippen LogP contribution in [-0.4, -0.2) is 33.7 Å². The third kappa shape index (κ3) is 2.38. The topological polar surface area (TPSA) is 93.5 Å². The van der Waals surface area contributed by atoms with Crippen LogP contribution in [0.15, 0.2) is 15.8 Å². The monoisotopic (exact) mass is 256 g/mol. The number of H-pyrrole nitrogens is 1. The smallest absolute Gasteiger partial charge is 0.330 e. The predicted molar refractivity (Wildman–Crippen MR) is 62.2 cm³/mol. The average molecular weight is 256 g/mol. The molecule has 1 aromatic heterocycles. The van der Waals surface area contributed by atoms with E-state index in [0.717, 1.165) is 0 Å². The molecule has 100 valence electrons. The third-order valence-corrected chi connectivity index (χ3v) is 2.84. The highest BCUT2D eigenvalue weighted by Gasteiger charge is 2.36. The SMILES string of the molecule is CCO[C@@H]1O[C@@H](n2cc(C)c(=O)[nH]c2=O)C[C@H]1O. The molecule has 3 atom stereocenters. The van der Waals surface area contributed by atoms with Gasteiger partial charge in [-0.1, -0.05) is 0 Å². The lowest BCUT2D eigenvalue weighted by Gasteiger charge is -2.15. The van der Waals surface area contributed by atoms with Crippen molar-refractivity contribution >= 4 is 0 Å². The number of nitrogens with one attached hydrogen (secondary N) is 1. The maximum absolute atomic E-state index is 11.7. The van der Waals surface area contributed by atoms with Crippen LogP contribution in [0.4, 0.5) is 0 Å². The van der Waals surface area contributed by atoms with Gasteiger partial charge in [-0.05, 0) is 13.8 Å². The van der Waals surface area contributed by atoms with Gasteiger partial charge in [-0.25, -0.2) is 4.79 Å². The second-order valence-electron chi connectivity index (χ2n) is 4.20. The molecular weight excluding hydrogens is 240 g/mol. The van der Waals surface area contributed by atoms with Crippen molar-refractivity contribution in [3.05, 3.63) is 32.6 Å². The van der Waals surface area contributed by atoms with Gasteiger partial charge in [-0.3, -0.25) is 14.3 Å². The third-order valence-electron chi connectivity index (χ3n) is 2.84. The molecular formula is C11H16N2O5. The molecule has 0 saturated carbocycles. The van der Waals surface area contributed by atoms with Crippen molar-refractivity contribution < 1.29 is 14.6 Å². The van der Waals surface area contributed by atoms with Gasteiger partial charge in [0.2, 0.25) is 0 Å². The van der Waals surface area contributed by atoms with E-state index in [1.165, 1.54) is 10.8 Å². The van der Waals surface area contributed by atoms with Crippen LogP contribution in [0.5, 0.6) is 0 Å². The van der Waals surface area contributed by atoms with Crippen LogP contribution in [0, 0.1) is 6.92 Å². The van der Waals surface area contributed by atoms with Crippen LogP contribution < -0.4 is 11.2 Å². The summed E-state index contributed by atoms with van der Waals surface area (Å²) < 4.78 is 11.9. The summed E-state index contributed by atoms with van der Waals surface area (Å²) in [4.78, 5) is 25.1. The molecule has 7 heteroatoms. The van der Waals surface area contributed by atoms with E-state index in [4.69, 9.17) is 9.47 Å². The first-order chi connectivity index (χ1) is 8.52. The Bertz CT molecular complexity index is 535. The van der Waals surface area contributed by atoms with Crippen molar-refractivity contribution in [1.29, 1.82) is 0 Å². The fraction of sp³-hybridized carbons (Fsp3) is 0.636. The molecule has 2 heterocycles. The van der Waals surface area contributed by atoms with E-state index < -0.39 is 29.9 Å². The Morgan fingerprint density at radius 1 is 1.61 bits per heavy atom. The number of rotatable bonds is 3. The maximum Gasteiger partial charge on any atom is 0.330 e. The molecule has 2 rings (SSSR count). The summed E-state index contributed by atoms with van der Waals surface area (Å²) in [7, 11) is 0. The highest BCUT2D eigenvalue weighted by atomic mass is 16.7. The molecule has 1 aliphatic rings. The summed E-state index contributed by atoms with van der Waals surface area (Å²) in [6, 6.07) is 0. The Kier molecular flexibility index (Phi) is 3.65. The predicted octanol–water partition coefficient (Wildman–Crippen LogP) is -0.513. The number of hydrogen-bond acceptors (Lipinski definition) is 5. The summed E-state index contributed by atoms with van der Waals surface area (Å²) in [6.07, 6.45) is -0.476. The Morgan fingerprint density at radius 3 is 3.00 bits per heavy atom. The first-order valence-electron chi connectivity index (χ1n) is 5.80. The number of aliphatic hydroxyl groups excluding tert-OH is 1. The van der Waals surface area contributed by atoms with E-state index in [1.54, 1.807) is 13.8 Å². The number of aliphatic hydroxyl groups is 1. The summed E-state index contributed by atoms with van der Waals surface area (Å²) in [5, 5.41) is 9.73. The van der Waals surface area contributed by atoms with Crippen molar-refractivity contribution in [2.45, 2.75) is 38.9 Å². The second kappa shape index (κ2) is 5.05. The zero-order valence-electron chi connectivity index (χ0n) is 10.3. The highest BCUT2D eigenvalue weighted by Crippen LogP contribution is 2.28. The van der Waals surface area contributed by atoms with Crippen LogP contribution in [-0.2, 0) is 9.47 Å². The number of aryl methyl sites for hydroxylation is 1. The van der Waals surface area contributed by atoms with Gasteiger partial charge in [0.05, 0.1) is 0 Å². The lowest BCUT2D eigenvalue weighted by atomic mass is 10.2. The molecule has 1 saturated heterocycles. The minimum atomic E-state index is -0.783. The van der Waals surface area contributed by atoms with Gasteiger partial charge in [-0.2, -0.15) is 0 Å². The molecule has 0 bridgehead atoms. The summed E-state index contributed by atoms with van der Waals surface area (Å²) in [5.74, 6) is 0. The largest absolute Gasteiger partial charge is 0.388 e. The molecule has 0 radical (unpaired) electrons. The minimum absolute atomic E-state index is 0.246. The quantitative estimate of drug-likeness (QED) is 0.759. The number of hydrogen-bond donors (Lipinski definition) is 2. The van der Waals surface area contributed by atoms with Crippen molar-refractivity contribution in [3.63, 3.8) is 0 Å². The van der Waals surface area contributed by atoms with Crippen LogP contribution >= 0.6 is 0 Å². The Balaban J connectivity index is 2.26. The highest BCUT2D eigenvalue weighted by molar-refractivity contribution is 5.01. The Hall–Kier alpha value is -1.44. The van der Waals surface area contributed by atoms with E-state index in [-0.39, 0.29) is 6.42 Å². The van der Waals surface area contributed by atoms with Gasteiger partial charge in [0.25, 0.3) is 5.56 Å². The standard InChI is InChI=1S/C11H16N2O5/c1-3-17-10-7(14)4-8(18-10)13-5-6(2)9(15)12-11(13)16/h5,7-8,10,14H,3-4H2,1-2H3,(H,12,15,16)/t7-,8-,10-/m1/s1. The number of ether oxygens (including phenoxy) is 2. The lowest BCUT2D eigenvalue weighted by Crippen LogP contribution is -2.33. The summed E-state index contributed by atoms with van der Waals surface area (Å²) >= 11 is 0. The lowest BCUT2D eigenvalue weighted by molar-refractivity contribution is -0.174. The molecule has 1 aliphatic heterocycles. The summed E-state index contributed by atoms with van der Waals surface area (Å²) in [6.45, 7) is 3.80. The van der Waals surface area contributed by atoms with Gasteiger partial charge >= 0.3 is 5.69 Å². The van der Waals surface area contributed by atoms with Crippen LogP contribution in [0.25, 0.3) is 0 Å². The van der Waals surface area contributed by atoms with E-state index in [2.05, 4.69) is 4.98 Å². The van der Waals surface area contributed by atoms with Crippen LogP contribution in [0.3, 0.4) is 0 Å². The van der Waals surface area contributed by atoms with E-state index >= 15 is 0 Å².